The normalized spacial score (nSPS) is 11.0. The molecule has 0 saturated carbocycles. The number of carbonyl (C=O) groups excluding carboxylic acids is 2. The Labute approximate surface area is 222 Å². The number of hydrogen-bond donors (Lipinski definition) is 0. The maximum absolute atomic E-state index is 11.8. The maximum atomic E-state index is 11.8. The van der Waals surface area contributed by atoms with Crippen molar-refractivity contribution in [3.8, 4) is 0 Å². The largest absolute Gasteiger partial charge is 0.466 e. The van der Waals surface area contributed by atoms with Crippen molar-refractivity contribution >= 4 is 23.5 Å². The van der Waals surface area contributed by atoms with Crippen molar-refractivity contribution in [2.24, 2.45) is 0 Å². The summed E-state index contributed by atoms with van der Waals surface area (Å²) in [6.45, 7) is 3.31. The van der Waals surface area contributed by atoms with Crippen molar-refractivity contribution in [2.45, 2.75) is 161 Å². The summed E-state index contributed by atoms with van der Waals surface area (Å²) in [5.41, 5.74) is 0. The summed E-state index contributed by atoms with van der Waals surface area (Å²) >= 11 is 5.66. The molecule has 0 aromatic rings. The molecular weight excluding hydrogens is 460 g/mol. The smallest absolute Gasteiger partial charge is 0.305 e. The third-order valence-electron chi connectivity index (χ3n) is 6.56. The Morgan fingerprint density at radius 3 is 1.11 bits per heavy atom. The molecule has 0 aromatic carbocycles. The first-order valence-corrected chi connectivity index (χ1v) is 15.6. The number of hydrogen-bond acceptors (Lipinski definition) is 4. The van der Waals surface area contributed by atoms with Crippen molar-refractivity contribution in [3.63, 3.8) is 0 Å². The van der Waals surface area contributed by atoms with E-state index < -0.39 is 0 Å². The van der Waals surface area contributed by atoms with Crippen molar-refractivity contribution in [2.75, 3.05) is 19.1 Å². The van der Waals surface area contributed by atoms with Gasteiger partial charge in [-0.2, -0.15) is 0 Å². The van der Waals surface area contributed by atoms with Gasteiger partial charge in [-0.3, -0.25) is 9.59 Å². The Hall–Kier alpha value is -0.770. The van der Waals surface area contributed by atoms with Crippen molar-refractivity contribution < 1.29 is 19.1 Å². The maximum Gasteiger partial charge on any atom is 0.305 e. The number of carbonyl (C=O) groups is 2. The van der Waals surface area contributed by atoms with E-state index in [0.717, 1.165) is 38.0 Å². The molecule has 0 heterocycles. The Morgan fingerprint density at radius 1 is 0.457 bits per heavy atom. The fourth-order valence-corrected chi connectivity index (χ4v) is 4.44. The Bertz CT molecular complexity index is 456. The molecule has 0 fully saturated rings. The van der Waals surface area contributed by atoms with Crippen LogP contribution in [0.2, 0.25) is 0 Å². The second-order valence-corrected chi connectivity index (χ2v) is 10.4. The first-order chi connectivity index (χ1) is 17.2. The predicted octanol–water partition coefficient (Wildman–Crippen LogP) is 9.69. The molecular formula is C30H57ClO4. The molecule has 0 N–H and O–H groups in total. The third-order valence-corrected chi connectivity index (χ3v) is 6.83. The first kappa shape index (κ1) is 34.2. The summed E-state index contributed by atoms with van der Waals surface area (Å²) < 4.78 is 10.6. The number of halogens is 1. The third kappa shape index (κ3) is 29.4. The number of rotatable bonds is 28. The van der Waals surface area contributed by atoms with Gasteiger partial charge in [0.2, 0.25) is 0 Å². The molecule has 208 valence electrons. The Balaban J connectivity index is 3.26. The van der Waals surface area contributed by atoms with Gasteiger partial charge in [0.15, 0.2) is 0 Å². The summed E-state index contributed by atoms with van der Waals surface area (Å²) in [6.07, 6.45) is 27.4. The molecule has 0 bridgehead atoms. The number of unbranched alkanes of at least 4 members (excludes halogenated alkanes) is 19. The minimum Gasteiger partial charge on any atom is -0.466 e. The van der Waals surface area contributed by atoms with Crippen LogP contribution in [0.5, 0.6) is 0 Å². The zero-order valence-electron chi connectivity index (χ0n) is 23.1. The highest BCUT2D eigenvalue weighted by Gasteiger charge is 2.06. The molecule has 0 aromatic heterocycles. The summed E-state index contributed by atoms with van der Waals surface area (Å²) in [7, 11) is 0. The molecule has 0 atom stereocenters. The van der Waals surface area contributed by atoms with Crippen LogP contribution in [0, 0.1) is 0 Å². The molecule has 0 amide bonds. The van der Waals surface area contributed by atoms with Crippen LogP contribution in [0.15, 0.2) is 0 Å². The quantitative estimate of drug-likeness (QED) is 0.0589. The molecule has 0 unspecified atom stereocenters. The van der Waals surface area contributed by atoms with Crippen LogP contribution in [0.1, 0.15) is 161 Å². The van der Waals surface area contributed by atoms with Gasteiger partial charge in [-0.1, -0.05) is 116 Å². The molecule has 0 saturated heterocycles. The average Bonchev–Trinajstić information content (AvgIpc) is 2.86. The molecule has 0 rings (SSSR count). The number of esters is 2. The monoisotopic (exact) mass is 516 g/mol. The zero-order valence-corrected chi connectivity index (χ0v) is 23.9. The molecule has 0 aliphatic rings. The standard InChI is InChI=1S/C30H57ClO4/c1-2-3-4-5-6-7-8-9-10-11-12-14-17-22-27-34-29(32)24-19-20-25-30(33)35-28-23-18-15-13-16-21-26-31/h2-28H2,1H3. The first-order valence-electron chi connectivity index (χ1n) is 15.1. The minimum atomic E-state index is -0.150. The van der Waals surface area contributed by atoms with Crippen LogP contribution in [0.3, 0.4) is 0 Å². The summed E-state index contributed by atoms with van der Waals surface area (Å²) in [5.74, 6) is 0.458. The van der Waals surface area contributed by atoms with Crippen LogP contribution in [0.25, 0.3) is 0 Å². The van der Waals surface area contributed by atoms with Gasteiger partial charge in [-0.25, -0.2) is 0 Å². The molecule has 0 spiro atoms. The van der Waals surface area contributed by atoms with Gasteiger partial charge in [0.1, 0.15) is 0 Å². The van der Waals surface area contributed by atoms with Gasteiger partial charge in [0, 0.05) is 18.7 Å². The lowest BCUT2D eigenvalue weighted by molar-refractivity contribution is -0.146. The molecule has 4 nitrogen and oxygen atoms in total. The van der Waals surface area contributed by atoms with Crippen LogP contribution < -0.4 is 0 Å². The van der Waals surface area contributed by atoms with Gasteiger partial charge < -0.3 is 9.47 Å². The number of alkyl halides is 1. The fourth-order valence-electron chi connectivity index (χ4n) is 4.26. The highest BCUT2D eigenvalue weighted by Crippen LogP contribution is 2.13. The Morgan fingerprint density at radius 2 is 0.771 bits per heavy atom. The van der Waals surface area contributed by atoms with Crippen LogP contribution in [0.4, 0.5) is 0 Å². The van der Waals surface area contributed by atoms with Crippen molar-refractivity contribution in [3.05, 3.63) is 0 Å². The molecule has 0 aliphatic carbocycles. The van der Waals surface area contributed by atoms with E-state index in [1.54, 1.807) is 0 Å². The van der Waals surface area contributed by atoms with Crippen molar-refractivity contribution in [1.29, 1.82) is 0 Å². The molecule has 5 heteroatoms. The van der Waals surface area contributed by atoms with E-state index in [1.165, 1.54) is 96.3 Å². The van der Waals surface area contributed by atoms with Gasteiger partial charge in [-0.05, 0) is 32.1 Å². The van der Waals surface area contributed by atoms with E-state index in [-0.39, 0.29) is 11.9 Å². The van der Waals surface area contributed by atoms with E-state index in [2.05, 4.69) is 6.92 Å². The highest BCUT2D eigenvalue weighted by atomic mass is 35.5. The number of ether oxygens (including phenoxy) is 2. The van der Waals surface area contributed by atoms with E-state index in [4.69, 9.17) is 21.1 Å². The zero-order chi connectivity index (χ0) is 25.7. The van der Waals surface area contributed by atoms with Gasteiger partial charge >= 0.3 is 11.9 Å². The van der Waals surface area contributed by atoms with Gasteiger partial charge in [0.05, 0.1) is 13.2 Å². The van der Waals surface area contributed by atoms with Crippen LogP contribution in [-0.4, -0.2) is 31.0 Å². The van der Waals surface area contributed by atoms with Crippen LogP contribution in [-0.2, 0) is 19.1 Å². The minimum absolute atomic E-state index is 0.137. The van der Waals surface area contributed by atoms with E-state index in [0.29, 0.717) is 38.9 Å². The molecule has 0 aliphatic heterocycles. The Kier molecular flexibility index (Phi) is 28.8. The summed E-state index contributed by atoms with van der Waals surface area (Å²) in [6, 6.07) is 0. The second kappa shape index (κ2) is 29.5. The van der Waals surface area contributed by atoms with E-state index in [1.807, 2.05) is 0 Å². The highest BCUT2D eigenvalue weighted by molar-refractivity contribution is 6.17. The predicted molar refractivity (Wildman–Crippen MR) is 149 cm³/mol. The molecule has 35 heavy (non-hydrogen) atoms. The second-order valence-electron chi connectivity index (χ2n) is 10.1. The topological polar surface area (TPSA) is 52.6 Å². The SMILES string of the molecule is CCCCCCCCCCCCCCCCOC(=O)CCCCC(=O)OCCCCCCCCCl. The average molecular weight is 517 g/mol. The van der Waals surface area contributed by atoms with Gasteiger partial charge in [0.25, 0.3) is 0 Å². The van der Waals surface area contributed by atoms with Gasteiger partial charge in [-0.15, -0.1) is 11.6 Å². The fraction of sp³-hybridized carbons (Fsp3) is 0.933. The lowest BCUT2D eigenvalue weighted by Crippen LogP contribution is -2.08. The lowest BCUT2D eigenvalue weighted by atomic mass is 10.0. The van der Waals surface area contributed by atoms with Crippen molar-refractivity contribution in [1.82, 2.24) is 0 Å². The van der Waals surface area contributed by atoms with E-state index >= 15 is 0 Å². The summed E-state index contributed by atoms with van der Waals surface area (Å²) in [4.78, 5) is 23.6. The van der Waals surface area contributed by atoms with E-state index in [9.17, 15) is 9.59 Å². The summed E-state index contributed by atoms with van der Waals surface area (Å²) in [5, 5.41) is 0. The lowest BCUT2D eigenvalue weighted by Gasteiger charge is -2.06. The molecule has 0 radical (unpaired) electrons. The van der Waals surface area contributed by atoms with Crippen LogP contribution >= 0.6 is 11.6 Å².